The van der Waals surface area contributed by atoms with Crippen molar-refractivity contribution in [1.82, 2.24) is 10.2 Å². The lowest BCUT2D eigenvalue weighted by Crippen LogP contribution is -2.40. The summed E-state index contributed by atoms with van der Waals surface area (Å²) in [5.41, 5.74) is 1.07. The van der Waals surface area contributed by atoms with E-state index >= 15 is 0 Å². The van der Waals surface area contributed by atoms with Crippen LogP contribution in [0.15, 0.2) is 24.3 Å². The molecule has 1 aromatic carbocycles. The predicted octanol–water partition coefficient (Wildman–Crippen LogP) is 2.17. The normalized spacial score (nSPS) is 17.9. The first-order chi connectivity index (χ1) is 8.22. The molecule has 4 nitrogen and oxygen atoms in total. The third-order valence-corrected chi connectivity index (χ3v) is 3.08. The Bertz CT molecular complexity index is 406. The topological polar surface area (TPSA) is 41.6 Å². The van der Waals surface area contributed by atoms with Crippen molar-refractivity contribution >= 4 is 6.03 Å². The Balaban J connectivity index is 2.11. The van der Waals surface area contributed by atoms with Gasteiger partial charge in [0.2, 0.25) is 0 Å². The van der Waals surface area contributed by atoms with E-state index in [1.54, 1.807) is 11.9 Å². The van der Waals surface area contributed by atoms with Gasteiger partial charge in [0, 0.05) is 25.6 Å². The predicted molar refractivity (Wildman–Crippen MR) is 66.1 cm³/mol. The van der Waals surface area contributed by atoms with E-state index in [2.05, 4.69) is 5.32 Å². The molecule has 1 unspecified atom stereocenters. The number of fused-ring (bicyclic) bond motifs is 1. The third kappa shape index (κ3) is 2.52. The Kier molecular flexibility index (Phi) is 3.52. The Morgan fingerprint density at radius 2 is 2.29 bits per heavy atom. The van der Waals surface area contributed by atoms with E-state index in [1.807, 2.05) is 31.2 Å². The van der Waals surface area contributed by atoms with Gasteiger partial charge in [-0.05, 0) is 13.0 Å². The van der Waals surface area contributed by atoms with Crippen LogP contribution in [0.25, 0.3) is 0 Å². The highest BCUT2D eigenvalue weighted by molar-refractivity contribution is 5.74. The number of urea groups is 1. The molecular formula is C13H18N2O2. The van der Waals surface area contributed by atoms with Gasteiger partial charge in [-0.2, -0.15) is 0 Å². The summed E-state index contributed by atoms with van der Waals surface area (Å²) < 4.78 is 5.56. The van der Waals surface area contributed by atoms with Gasteiger partial charge in [0.25, 0.3) is 0 Å². The maximum absolute atomic E-state index is 11.8. The number of ether oxygens (including phenoxy) is 1. The summed E-state index contributed by atoms with van der Waals surface area (Å²) in [7, 11) is 1.79. The standard InChI is InChI=1S/C13H18N2O2/c1-3-15(2)13(16)14-11-8-9-17-12-7-5-4-6-10(11)12/h4-7,11H,3,8-9H2,1-2H3,(H,14,16). The summed E-state index contributed by atoms with van der Waals surface area (Å²) >= 11 is 0. The van der Waals surface area contributed by atoms with Crippen molar-refractivity contribution in [2.75, 3.05) is 20.2 Å². The van der Waals surface area contributed by atoms with E-state index in [1.165, 1.54) is 0 Å². The number of para-hydroxylation sites is 1. The molecule has 0 saturated carbocycles. The van der Waals surface area contributed by atoms with Crippen LogP contribution in [0.3, 0.4) is 0 Å². The van der Waals surface area contributed by atoms with Crippen molar-refractivity contribution in [2.45, 2.75) is 19.4 Å². The fourth-order valence-corrected chi connectivity index (χ4v) is 1.89. The van der Waals surface area contributed by atoms with E-state index in [-0.39, 0.29) is 12.1 Å². The molecule has 1 atom stereocenters. The molecule has 1 aliphatic heterocycles. The van der Waals surface area contributed by atoms with Gasteiger partial charge in [0.1, 0.15) is 5.75 Å². The maximum Gasteiger partial charge on any atom is 0.317 e. The third-order valence-electron chi connectivity index (χ3n) is 3.08. The van der Waals surface area contributed by atoms with Gasteiger partial charge in [0.05, 0.1) is 12.6 Å². The fourth-order valence-electron chi connectivity index (χ4n) is 1.89. The van der Waals surface area contributed by atoms with E-state index in [0.29, 0.717) is 13.2 Å². The second-order valence-corrected chi connectivity index (χ2v) is 4.19. The van der Waals surface area contributed by atoms with E-state index in [9.17, 15) is 4.79 Å². The van der Waals surface area contributed by atoms with Gasteiger partial charge in [0.15, 0.2) is 0 Å². The van der Waals surface area contributed by atoms with Crippen molar-refractivity contribution in [3.8, 4) is 5.75 Å². The van der Waals surface area contributed by atoms with Crippen LogP contribution in [0.2, 0.25) is 0 Å². The van der Waals surface area contributed by atoms with Gasteiger partial charge < -0.3 is 15.0 Å². The molecule has 2 rings (SSSR count). The molecular weight excluding hydrogens is 216 g/mol. The van der Waals surface area contributed by atoms with Crippen molar-refractivity contribution < 1.29 is 9.53 Å². The van der Waals surface area contributed by atoms with Crippen LogP contribution >= 0.6 is 0 Å². The zero-order valence-electron chi connectivity index (χ0n) is 10.3. The lowest BCUT2D eigenvalue weighted by Gasteiger charge is -2.28. The molecule has 1 N–H and O–H groups in total. The summed E-state index contributed by atoms with van der Waals surface area (Å²) in [4.78, 5) is 13.5. The lowest BCUT2D eigenvalue weighted by atomic mass is 10.0. The van der Waals surface area contributed by atoms with Gasteiger partial charge in [-0.15, -0.1) is 0 Å². The molecule has 2 amide bonds. The largest absolute Gasteiger partial charge is 0.493 e. The number of nitrogens with zero attached hydrogens (tertiary/aromatic N) is 1. The summed E-state index contributed by atoms with van der Waals surface area (Å²) in [5, 5.41) is 3.03. The lowest BCUT2D eigenvalue weighted by molar-refractivity contribution is 0.198. The van der Waals surface area contributed by atoms with Crippen LogP contribution in [0.5, 0.6) is 5.75 Å². The number of benzene rings is 1. The van der Waals surface area contributed by atoms with Crippen molar-refractivity contribution in [2.24, 2.45) is 0 Å². The first-order valence-electron chi connectivity index (χ1n) is 5.95. The minimum atomic E-state index is -0.0331. The van der Waals surface area contributed by atoms with E-state index in [4.69, 9.17) is 4.74 Å². The molecule has 0 aliphatic carbocycles. The Labute approximate surface area is 102 Å². The van der Waals surface area contributed by atoms with Crippen LogP contribution in [-0.4, -0.2) is 31.1 Å². The molecule has 1 heterocycles. The maximum atomic E-state index is 11.8. The van der Waals surface area contributed by atoms with Crippen LogP contribution in [-0.2, 0) is 0 Å². The summed E-state index contributed by atoms with van der Waals surface area (Å²) in [6, 6.07) is 7.88. The van der Waals surface area contributed by atoms with Gasteiger partial charge in [-0.1, -0.05) is 18.2 Å². The fraction of sp³-hybridized carbons (Fsp3) is 0.462. The van der Waals surface area contributed by atoms with Crippen LogP contribution < -0.4 is 10.1 Å². The average Bonchev–Trinajstić information content (AvgIpc) is 2.38. The number of rotatable bonds is 2. The molecule has 0 fully saturated rings. The zero-order chi connectivity index (χ0) is 12.3. The van der Waals surface area contributed by atoms with Gasteiger partial charge >= 0.3 is 6.03 Å². The minimum Gasteiger partial charge on any atom is -0.493 e. The van der Waals surface area contributed by atoms with Gasteiger partial charge in [-0.3, -0.25) is 0 Å². The highest BCUT2D eigenvalue weighted by Gasteiger charge is 2.23. The number of amides is 2. The van der Waals surface area contributed by atoms with Crippen LogP contribution in [0.4, 0.5) is 4.79 Å². The van der Waals surface area contributed by atoms with Gasteiger partial charge in [-0.25, -0.2) is 4.79 Å². The summed E-state index contributed by atoms with van der Waals surface area (Å²) in [6.07, 6.45) is 0.820. The number of carbonyl (C=O) groups excluding carboxylic acids is 1. The summed E-state index contributed by atoms with van der Waals surface area (Å²) in [5.74, 6) is 0.878. The van der Waals surface area contributed by atoms with Crippen LogP contribution in [0.1, 0.15) is 24.9 Å². The molecule has 17 heavy (non-hydrogen) atoms. The molecule has 0 radical (unpaired) electrons. The molecule has 0 spiro atoms. The van der Waals surface area contributed by atoms with E-state index in [0.717, 1.165) is 17.7 Å². The van der Waals surface area contributed by atoms with Crippen molar-refractivity contribution in [3.05, 3.63) is 29.8 Å². The minimum absolute atomic E-state index is 0.0331. The monoisotopic (exact) mass is 234 g/mol. The number of carbonyl (C=O) groups is 1. The first kappa shape index (κ1) is 11.8. The molecule has 92 valence electrons. The number of nitrogens with one attached hydrogen (secondary N) is 1. The highest BCUT2D eigenvalue weighted by atomic mass is 16.5. The van der Waals surface area contributed by atoms with E-state index < -0.39 is 0 Å². The SMILES string of the molecule is CCN(C)C(=O)NC1CCOc2ccccc21. The first-order valence-corrected chi connectivity index (χ1v) is 5.95. The van der Waals surface area contributed by atoms with Crippen LogP contribution in [0, 0.1) is 0 Å². The molecule has 1 aromatic rings. The average molecular weight is 234 g/mol. The Hall–Kier alpha value is -1.71. The van der Waals surface area contributed by atoms with Crippen molar-refractivity contribution in [1.29, 1.82) is 0 Å². The quantitative estimate of drug-likeness (QED) is 0.852. The number of hydrogen-bond donors (Lipinski definition) is 1. The highest BCUT2D eigenvalue weighted by Crippen LogP contribution is 2.31. The Morgan fingerprint density at radius 3 is 3.06 bits per heavy atom. The molecule has 0 bridgehead atoms. The second-order valence-electron chi connectivity index (χ2n) is 4.19. The Morgan fingerprint density at radius 1 is 1.53 bits per heavy atom. The second kappa shape index (κ2) is 5.08. The molecule has 4 heteroatoms. The zero-order valence-corrected chi connectivity index (χ0v) is 10.3. The molecule has 1 aliphatic rings. The molecule has 0 saturated heterocycles. The summed E-state index contributed by atoms with van der Waals surface area (Å²) in [6.45, 7) is 3.31. The molecule has 0 aromatic heterocycles. The van der Waals surface area contributed by atoms with Crippen molar-refractivity contribution in [3.63, 3.8) is 0 Å². The smallest absolute Gasteiger partial charge is 0.317 e. The number of hydrogen-bond acceptors (Lipinski definition) is 2.